The zero-order valence-electron chi connectivity index (χ0n) is 71.5. The van der Waals surface area contributed by atoms with Crippen molar-refractivity contribution < 1.29 is 44.7 Å². The number of amides is 2. The fourth-order valence-corrected chi connectivity index (χ4v) is 5.50. The number of nitrogens with zero attached hydrogens (tertiary/aromatic N) is 3. The number of thioether (sulfide) groups is 1. The van der Waals surface area contributed by atoms with Crippen molar-refractivity contribution >= 4 is 65.9 Å². The maximum Gasteiger partial charge on any atom is 0.303 e. The number of unbranched alkanes of at least 4 members (excludes halogenated alkanes) is 4. The molecule has 2 heterocycles. The number of phenolic OH excluding ortho intramolecular Hbond substituents is 1. The lowest BCUT2D eigenvalue weighted by Gasteiger charge is -2.03. The molecule has 19 heteroatoms. The number of fused-ring (bicyclic) bond motifs is 1. The van der Waals surface area contributed by atoms with Gasteiger partial charge in [0.2, 0.25) is 11.8 Å². The standard InChI is InChI=1S/C10H11N.C8H10O.C8H10.C7H16N2.C5H8N2.C5H13N.2C5H12.C4H9NO.C4H8O2.C4H10S.C4H10.C3H7NO.C3H6O2.C3H8O.C2H6O.C2H6S.C2H6.CH4/c1-2-8-7-11-10-6-4-3-5-9(8)10;1-2-7-3-5-8(9)6-4-7;1-2-8-6-4-3-5-7-8;1-3-4-5-6-9-7(2)8;1-2-5-3-6-4-7-5;1-2-3-4-5-6;2*1-4-5(2)3;2*1-2-3-4(5)6;1-3-4-5-2;1-4(2)3;2*1-2-3(4)5;1-3(2)4;2*1-2-3;1-2;/h3-8H,2H2,1H3;3-6,9H,2H2,1H3;3-7H,2H2,1H3;3-6H2,1-2H3,(H2,8,9);3-4H,2H2,1H3,(H,6,7);2-6H2,1H3;2*5H,4H2,1-3H3;2-3H2,1H3,(H2,5,6);2-3H2,1H3,(H,5,6);3-4H2,1-2H3;4H,1-3H3;2H2,1H3,(H2,4,5);2H2,1H3,(H,4,5);3-4H,1-2H3;2*3H,2H2,1H3;1-2H3;1H4. The van der Waals surface area contributed by atoms with Crippen LogP contribution in [-0.2, 0) is 38.4 Å². The molecule has 0 saturated heterocycles. The third-order valence-electron chi connectivity index (χ3n) is 11.3. The number of aryl methyl sites for hydroxylation is 3. The van der Waals surface area contributed by atoms with Gasteiger partial charge in [-0.15, -0.1) is 0 Å². The average molecular weight is 1510 g/mol. The minimum Gasteiger partial charge on any atom is -0.508 e. The van der Waals surface area contributed by atoms with E-state index in [1.54, 1.807) is 53.1 Å². The Balaban J connectivity index is -0.0000000696. The van der Waals surface area contributed by atoms with Crippen LogP contribution in [0.1, 0.15) is 325 Å². The first-order valence-electron chi connectivity index (χ1n) is 38.4. The molecule has 0 radical (unpaired) electrons. The van der Waals surface area contributed by atoms with Crippen molar-refractivity contribution in [1.82, 2.24) is 9.97 Å². The molecule has 618 valence electrons. The molecule has 1 aliphatic heterocycles. The summed E-state index contributed by atoms with van der Waals surface area (Å²) in [7, 11) is 0. The number of aliphatic imine (C=N–C) groups is 2. The minimum atomic E-state index is -0.745. The molecule has 1 atom stereocenters. The van der Waals surface area contributed by atoms with Gasteiger partial charge in [-0.25, -0.2) is 4.98 Å². The van der Waals surface area contributed by atoms with Crippen LogP contribution in [0.5, 0.6) is 5.75 Å². The lowest BCUT2D eigenvalue weighted by Crippen LogP contribution is -2.08. The van der Waals surface area contributed by atoms with Crippen LogP contribution in [0.25, 0.3) is 0 Å². The number of hydrogen-bond acceptors (Lipinski definition) is 13. The molecule has 0 spiro atoms. The number of aliphatic hydroxyl groups excluding tert-OH is 2. The quantitative estimate of drug-likeness (QED) is 0.0160. The number of nitrogens with one attached hydrogen (secondary N) is 1. The summed E-state index contributed by atoms with van der Waals surface area (Å²) in [6.45, 7) is 56.9. The highest BCUT2D eigenvalue weighted by molar-refractivity contribution is 7.98. The predicted octanol–water partition coefficient (Wildman–Crippen LogP) is 22.8. The van der Waals surface area contributed by atoms with Crippen molar-refractivity contribution in [2.24, 2.45) is 50.7 Å². The van der Waals surface area contributed by atoms with Gasteiger partial charge in [-0.2, -0.15) is 24.4 Å². The molecular weight excluding hydrogens is 1340 g/mol. The Morgan fingerprint density at radius 3 is 1.22 bits per heavy atom. The third-order valence-corrected chi connectivity index (χ3v) is 12.1. The van der Waals surface area contributed by atoms with Gasteiger partial charge in [-0.05, 0) is 162 Å². The number of aromatic hydroxyl groups is 1. The second kappa shape index (κ2) is 118. The maximum absolute atomic E-state index is 9.82. The van der Waals surface area contributed by atoms with Gasteiger partial charge in [-0.1, -0.05) is 266 Å². The van der Waals surface area contributed by atoms with Crippen molar-refractivity contribution in [2.75, 3.05) is 37.5 Å². The fourth-order valence-electron chi connectivity index (χ4n) is 5.09. The van der Waals surface area contributed by atoms with Crippen LogP contribution in [-0.4, -0.2) is 115 Å². The Bertz CT molecular complexity index is 2160. The summed E-state index contributed by atoms with van der Waals surface area (Å²) in [6.07, 6.45) is 26.3. The van der Waals surface area contributed by atoms with Crippen LogP contribution in [0.3, 0.4) is 0 Å². The van der Waals surface area contributed by atoms with Gasteiger partial charge in [-0.3, -0.25) is 29.2 Å². The van der Waals surface area contributed by atoms with Crippen LogP contribution < -0.4 is 22.9 Å². The fraction of sp³-hybridized carbons (Fsp3) is 0.682. The molecule has 4 aromatic rings. The zero-order chi connectivity index (χ0) is 83.1. The van der Waals surface area contributed by atoms with Crippen molar-refractivity contribution in [3.05, 3.63) is 114 Å². The number of para-hydroxylation sites is 1. The van der Waals surface area contributed by atoms with E-state index in [2.05, 4.69) is 198 Å². The number of primary amides is 2. The Hall–Kier alpha value is -5.73. The first-order valence-corrected chi connectivity index (χ1v) is 40.4. The van der Waals surface area contributed by atoms with Crippen LogP contribution >= 0.6 is 24.4 Å². The topological polar surface area (TPSA) is 327 Å². The summed E-state index contributed by atoms with van der Waals surface area (Å²) in [6, 6.07) is 26.1. The maximum atomic E-state index is 9.82. The molecule has 14 N–H and O–H groups in total. The van der Waals surface area contributed by atoms with E-state index in [0.717, 1.165) is 80.8 Å². The number of phenols is 1. The van der Waals surface area contributed by atoms with Crippen LogP contribution in [0.2, 0.25) is 0 Å². The molecule has 2 amide bonds. The molecule has 1 unspecified atom stereocenters. The van der Waals surface area contributed by atoms with E-state index >= 15 is 0 Å². The second-order valence-corrected chi connectivity index (χ2v) is 25.5. The number of hydrogen-bond donors (Lipinski definition) is 11. The van der Waals surface area contributed by atoms with Gasteiger partial charge in [0, 0.05) is 69.0 Å². The highest BCUT2D eigenvalue weighted by Crippen LogP contribution is 2.33. The lowest BCUT2D eigenvalue weighted by atomic mass is 9.99. The number of carbonyl (C=O) groups excluding carboxylic acids is 2. The molecular formula is C85H172N8O9S2. The van der Waals surface area contributed by atoms with E-state index in [4.69, 9.17) is 42.7 Å². The van der Waals surface area contributed by atoms with E-state index < -0.39 is 11.9 Å². The summed E-state index contributed by atoms with van der Waals surface area (Å²) in [4.78, 5) is 53.6. The summed E-state index contributed by atoms with van der Waals surface area (Å²) < 4.78 is 0. The van der Waals surface area contributed by atoms with Crippen LogP contribution in [0.15, 0.2) is 101 Å². The molecule has 1 aliphatic rings. The SMILES string of the molecule is C.CC.CC(C)C.CC(C)O.CCC(=O)O.CCC(C)C.CCC(C)C.CCC(N)=O.CCC1C=Nc2ccccc21.CCCC(=O)O.CCCC(N)=O.CCCCCN.CCCCCN=C(C)N.CCCSC.CCO.CCS.CCc1ccc(O)cc1.CCc1ccccc1.CCc1cnc[nH]1. The Kier molecular flexibility index (Phi) is 149. The lowest BCUT2D eigenvalue weighted by molar-refractivity contribution is -0.137. The third kappa shape index (κ3) is 167. The van der Waals surface area contributed by atoms with E-state index in [1.807, 2.05) is 90.0 Å². The molecule has 0 aliphatic carbocycles. The van der Waals surface area contributed by atoms with Gasteiger partial charge in [0.1, 0.15) is 5.75 Å². The molecule has 104 heavy (non-hydrogen) atoms. The largest absolute Gasteiger partial charge is 0.508 e. The number of benzene rings is 3. The first-order chi connectivity index (χ1) is 48.6. The molecule has 0 fully saturated rings. The summed E-state index contributed by atoms with van der Waals surface area (Å²) >= 11 is 5.69. The number of nitrogens with two attached hydrogens (primary N) is 4. The number of carbonyl (C=O) groups is 4. The number of H-pyrrole nitrogens is 1. The molecule has 3 aromatic carbocycles. The number of aliphatic carboxylic acids is 2. The molecule has 1 aromatic heterocycles. The van der Waals surface area contributed by atoms with Crippen molar-refractivity contribution in [3.63, 3.8) is 0 Å². The van der Waals surface area contributed by atoms with Gasteiger partial charge in [0.25, 0.3) is 0 Å². The average Bonchev–Trinajstić information content (AvgIpc) is 1.70. The van der Waals surface area contributed by atoms with Crippen molar-refractivity contribution in [2.45, 2.75) is 328 Å². The number of thiol groups is 1. The summed E-state index contributed by atoms with van der Waals surface area (Å²) in [5.41, 5.74) is 26.4. The van der Waals surface area contributed by atoms with Gasteiger partial charge in [0.05, 0.1) is 17.9 Å². The monoisotopic (exact) mass is 1510 g/mol. The Labute approximate surface area is 653 Å². The minimum absolute atomic E-state index is 0. The zero-order valence-corrected chi connectivity index (χ0v) is 73.2. The van der Waals surface area contributed by atoms with E-state index in [-0.39, 0.29) is 38.4 Å². The highest BCUT2D eigenvalue weighted by Gasteiger charge is 2.15. The molecule has 5 rings (SSSR count). The predicted molar refractivity (Wildman–Crippen MR) is 470 cm³/mol. The smallest absolute Gasteiger partial charge is 0.303 e. The van der Waals surface area contributed by atoms with Crippen LogP contribution in [0.4, 0.5) is 5.69 Å². The van der Waals surface area contributed by atoms with Gasteiger partial charge < -0.3 is 53.5 Å². The van der Waals surface area contributed by atoms with E-state index in [0.29, 0.717) is 36.8 Å². The van der Waals surface area contributed by atoms with Crippen molar-refractivity contribution in [1.29, 1.82) is 0 Å². The molecule has 0 saturated carbocycles. The summed E-state index contributed by atoms with van der Waals surface area (Å²) in [5, 5.41) is 40.1. The number of rotatable bonds is 21. The van der Waals surface area contributed by atoms with Gasteiger partial charge >= 0.3 is 11.9 Å². The number of amidine groups is 1. The molecule has 0 bridgehead atoms. The summed E-state index contributed by atoms with van der Waals surface area (Å²) in [5.74, 6) is 4.54. The highest BCUT2D eigenvalue weighted by atomic mass is 32.2. The van der Waals surface area contributed by atoms with E-state index in [9.17, 15) is 19.2 Å². The number of carboxylic acids is 2. The van der Waals surface area contributed by atoms with E-state index in [1.165, 1.54) is 85.9 Å². The van der Waals surface area contributed by atoms with Crippen LogP contribution in [0, 0.1) is 17.8 Å². The number of carboxylic acid groups (broad SMARTS) is 2. The normalized spacial score (nSPS) is 9.92. The Morgan fingerprint density at radius 1 is 0.606 bits per heavy atom. The second-order valence-electron chi connectivity index (χ2n) is 23.8. The van der Waals surface area contributed by atoms with Gasteiger partial charge in [0.15, 0.2) is 0 Å². The number of aliphatic hydroxyl groups is 2. The van der Waals surface area contributed by atoms with Crippen molar-refractivity contribution in [3.8, 4) is 5.75 Å². The first kappa shape index (κ1) is 131. The number of aromatic nitrogens is 2. The Morgan fingerprint density at radius 2 is 1.00 bits per heavy atom. The molecule has 17 nitrogen and oxygen atoms in total. The number of imidazole rings is 1. The number of aromatic amines is 1.